The summed E-state index contributed by atoms with van der Waals surface area (Å²) in [6, 6.07) is 13.0. The maximum absolute atomic E-state index is 12.7. The van der Waals surface area contributed by atoms with Gasteiger partial charge in [-0.1, -0.05) is 11.6 Å². The number of aromatic nitrogens is 1. The van der Waals surface area contributed by atoms with Crippen LogP contribution in [0.5, 0.6) is 5.75 Å². The van der Waals surface area contributed by atoms with E-state index in [1.54, 1.807) is 24.3 Å². The van der Waals surface area contributed by atoms with Crippen molar-refractivity contribution in [3.63, 3.8) is 0 Å². The number of benzene rings is 2. The van der Waals surface area contributed by atoms with Crippen LogP contribution in [0, 0.1) is 0 Å². The van der Waals surface area contributed by atoms with Crippen molar-refractivity contribution in [1.29, 1.82) is 0 Å². The van der Waals surface area contributed by atoms with Crippen molar-refractivity contribution in [3.05, 3.63) is 59.2 Å². The number of nitrogens with zero attached hydrogens (tertiary/aromatic N) is 2. The SMILES string of the molecule is CC1CN(CCCOc2ccc(S(=O)(=O)NCCCc3c[nH]c4ccc(Cl)cc34)cc2)CCN1C. The second-order valence-electron chi connectivity index (χ2n) is 9.31. The summed E-state index contributed by atoms with van der Waals surface area (Å²) in [5.74, 6) is 0.689. The maximum atomic E-state index is 12.7. The molecule has 3 aromatic rings. The molecule has 0 aliphatic carbocycles. The molecule has 9 heteroatoms. The zero-order valence-corrected chi connectivity index (χ0v) is 22.0. The third-order valence-electron chi connectivity index (χ3n) is 6.71. The largest absolute Gasteiger partial charge is 0.494 e. The molecule has 190 valence electrons. The number of piperazine rings is 1. The van der Waals surface area contributed by atoms with Crippen LogP contribution in [0.4, 0.5) is 0 Å². The van der Waals surface area contributed by atoms with Crippen LogP contribution in [-0.4, -0.2) is 75.6 Å². The Balaban J connectivity index is 1.19. The van der Waals surface area contributed by atoms with E-state index in [0.717, 1.165) is 55.5 Å². The first-order valence-electron chi connectivity index (χ1n) is 12.2. The number of sulfonamides is 1. The van der Waals surface area contributed by atoms with Gasteiger partial charge in [0.25, 0.3) is 0 Å². The Morgan fingerprint density at radius 1 is 1.14 bits per heavy atom. The molecule has 0 radical (unpaired) electrons. The fourth-order valence-corrected chi connectivity index (χ4v) is 5.69. The van der Waals surface area contributed by atoms with Crippen LogP contribution in [0.2, 0.25) is 5.02 Å². The maximum Gasteiger partial charge on any atom is 0.240 e. The van der Waals surface area contributed by atoms with Crippen molar-refractivity contribution < 1.29 is 13.2 Å². The van der Waals surface area contributed by atoms with E-state index in [1.165, 1.54) is 0 Å². The topological polar surface area (TPSA) is 77.7 Å². The van der Waals surface area contributed by atoms with Crippen molar-refractivity contribution in [2.24, 2.45) is 0 Å². The van der Waals surface area contributed by atoms with Crippen LogP contribution in [-0.2, 0) is 16.4 Å². The molecule has 0 bridgehead atoms. The number of aromatic amines is 1. The summed E-state index contributed by atoms with van der Waals surface area (Å²) in [5.41, 5.74) is 2.16. The van der Waals surface area contributed by atoms with Crippen molar-refractivity contribution in [2.75, 3.05) is 46.4 Å². The van der Waals surface area contributed by atoms with Crippen molar-refractivity contribution in [1.82, 2.24) is 19.5 Å². The quantitative estimate of drug-likeness (QED) is 0.373. The number of rotatable bonds is 11. The van der Waals surface area contributed by atoms with Gasteiger partial charge in [-0.25, -0.2) is 13.1 Å². The highest BCUT2D eigenvalue weighted by atomic mass is 35.5. The minimum atomic E-state index is -3.56. The van der Waals surface area contributed by atoms with Gasteiger partial charge in [-0.2, -0.15) is 0 Å². The normalized spacial score (nSPS) is 17.7. The lowest BCUT2D eigenvalue weighted by molar-refractivity contribution is 0.100. The minimum absolute atomic E-state index is 0.246. The van der Waals surface area contributed by atoms with E-state index >= 15 is 0 Å². The number of aryl methyl sites for hydroxylation is 1. The lowest BCUT2D eigenvalue weighted by atomic mass is 10.1. The van der Waals surface area contributed by atoms with E-state index in [-0.39, 0.29) is 4.90 Å². The highest BCUT2D eigenvalue weighted by Crippen LogP contribution is 2.23. The van der Waals surface area contributed by atoms with Crippen LogP contribution >= 0.6 is 11.6 Å². The summed E-state index contributed by atoms with van der Waals surface area (Å²) in [6.45, 7) is 7.53. The molecule has 4 rings (SSSR count). The van der Waals surface area contributed by atoms with Crippen LogP contribution in [0.3, 0.4) is 0 Å². The lowest BCUT2D eigenvalue weighted by Crippen LogP contribution is -2.50. The molecule has 2 N–H and O–H groups in total. The molecule has 0 saturated carbocycles. The number of nitrogens with one attached hydrogen (secondary N) is 2. The molecular formula is C26H35ClN4O3S. The molecule has 1 fully saturated rings. The Kier molecular flexibility index (Phi) is 8.73. The van der Waals surface area contributed by atoms with Crippen LogP contribution in [0.1, 0.15) is 25.3 Å². The summed E-state index contributed by atoms with van der Waals surface area (Å²) in [7, 11) is -1.39. The highest BCUT2D eigenvalue weighted by molar-refractivity contribution is 7.89. The number of fused-ring (bicyclic) bond motifs is 1. The number of ether oxygens (including phenoxy) is 1. The van der Waals surface area contributed by atoms with Gasteiger partial charge in [0.2, 0.25) is 10.0 Å². The van der Waals surface area contributed by atoms with Gasteiger partial charge in [0.05, 0.1) is 11.5 Å². The lowest BCUT2D eigenvalue weighted by Gasteiger charge is -2.37. The van der Waals surface area contributed by atoms with E-state index in [2.05, 4.69) is 33.5 Å². The summed E-state index contributed by atoms with van der Waals surface area (Å²) in [4.78, 5) is 8.34. The first-order valence-corrected chi connectivity index (χ1v) is 14.1. The predicted molar refractivity (Wildman–Crippen MR) is 142 cm³/mol. The molecule has 0 spiro atoms. The van der Waals surface area contributed by atoms with Gasteiger partial charge in [-0.3, -0.25) is 0 Å². The zero-order chi connectivity index (χ0) is 24.8. The molecule has 1 aromatic heterocycles. The van der Waals surface area contributed by atoms with Gasteiger partial charge in [-0.15, -0.1) is 0 Å². The summed E-state index contributed by atoms with van der Waals surface area (Å²) < 4.78 is 33.9. The summed E-state index contributed by atoms with van der Waals surface area (Å²) in [5, 5.41) is 1.77. The standard InChI is InChI=1S/C26H35ClN4O3S/c1-20-19-31(15-14-30(20)2)13-4-16-34-23-7-9-24(10-8-23)35(32,33)29-12-3-5-21-18-28-26-11-6-22(27)17-25(21)26/h6-11,17-18,20,28-29H,3-5,12-16,19H2,1-2H3. The van der Waals surface area contributed by atoms with Gasteiger partial charge in [0, 0.05) is 60.9 Å². The molecule has 7 nitrogen and oxygen atoms in total. The second kappa shape index (κ2) is 11.8. The second-order valence-corrected chi connectivity index (χ2v) is 11.5. The van der Waals surface area contributed by atoms with Crippen molar-refractivity contribution in [2.45, 2.75) is 37.1 Å². The average Bonchev–Trinajstić information content (AvgIpc) is 3.24. The fourth-order valence-electron chi connectivity index (χ4n) is 4.45. The summed E-state index contributed by atoms with van der Waals surface area (Å²) >= 11 is 6.11. The molecule has 1 aliphatic rings. The van der Waals surface area contributed by atoms with Gasteiger partial charge in [0.1, 0.15) is 5.75 Å². The van der Waals surface area contributed by atoms with E-state index in [9.17, 15) is 8.42 Å². The van der Waals surface area contributed by atoms with Crippen LogP contribution in [0.15, 0.2) is 53.6 Å². The van der Waals surface area contributed by atoms with Gasteiger partial charge in [-0.05, 0) is 81.3 Å². The van der Waals surface area contributed by atoms with Gasteiger partial charge in [0.15, 0.2) is 0 Å². The highest BCUT2D eigenvalue weighted by Gasteiger charge is 2.20. The van der Waals surface area contributed by atoms with Crippen molar-refractivity contribution >= 4 is 32.5 Å². The van der Waals surface area contributed by atoms with Crippen LogP contribution < -0.4 is 9.46 Å². The summed E-state index contributed by atoms with van der Waals surface area (Å²) in [6.07, 6.45) is 4.34. The van der Waals surface area contributed by atoms with Gasteiger partial charge >= 0.3 is 0 Å². The molecule has 1 atom stereocenters. The number of halogens is 1. The van der Waals surface area contributed by atoms with E-state index < -0.39 is 10.0 Å². The Morgan fingerprint density at radius 2 is 1.94 bits per heavy atom. The minimum Gasteiger partial charge on any atom is -0.494 e. The molecule has 2 aromatic carbocycles. The smallest absolute Gasteiger partial charge is 0.240 e. The number of H-pyrrole nitrogens is 1. The first-order chi connectivity index (χ1) is 16.8. The van der Waals surface area contributed by atoms with E-state index in [0.29, 0.717) is 36.4 Å². The number of likely N-dealkylation sites (N-methyl/N-ethyl adjacent to an activating group) is 1. The Bertz CT molecular complexity index is 1210. The molecule has 1 aliphatic heterocycles. The number of hydrogen-bond donors (Lipinski definition) is 2. The van der Waals surface area contributed by atoms with Crippen LogP contribution in [0.25, 0.3) is 10.9 Å². The molecule has 0 amide bonds. The first kappa shape index (κ1) is 26.0. The number of hydrogen-bond acceptors (Lipinski definition) is 5. The monoisotopic (exact) mass is 518 g/mol. The van der Waals surface area contributed by atoms with Crippen molar-refractivity contribution in [3.8, 4) is 5.75 Å². The average molecular weight is 519 g/mol. The zero-order valence-electron chi connectivity index (χ0n) is 20.5. The Morgan fingerprint density at radius 3 is 2.71 bits per heavy atom. The fraction of sp³-hybridized carbons (Fsp3) is 0.462. The molecule has 1 unspecified atom stereocenters. The third kappa shape index (κ3) is 6.98. The Labute approximate surface area is 213 Å². The third-order valence-corrected chi connectivity index (χ3v) is 8.42. The molecule has 1 saturated heterocycles. The van der Waals surface area contributed by atoms with E-state index in [4.69, 9.17) is 16.3 Å². The molecule has 2 heterocycles. The Hall–Kier alpha value is -2.10. The predicted octanol–water partition coefficient (Wildman–Crippen LogP) is 4.14. The van der Waals surface area contributed by atoms with E-state index in [1.807, 2.05) is 24.4 Å². The van der Waals surface area contributed by atoms with Gasteiger partial charge < -0.3 is 19.5 Å². The molecule has 35 heavy (non-hydrogen) atoms. The molecular weight excluding hydrogens is 484 g/mol.